The predicted octanol–water partition coefficient (Wildman–Crippen LogP) is 2.03. The van der Waals surface area contributed by atoms with Crippen molar-refractivity contribution in [1.29, 1.82) is 0 Å². The van der Waals surface area contributed by atoms with Crippen molar-refractivity contribution in [3.63, 3.8) is 0 Å². The number of benzene rings is 1. The number of hydrogen-bond donors (Lipinski definition) is 1. The van der Waals surface area contributed by atoms with E-state index in [1.807, 2.05) is 0 Å². The van der Waals surface area contributed by atoms with Gasteiger partial charge in [-0.3, -0.25) is 0 Å². The van der Waals surface area contributed by atoms with Crippen LogP contribution in [0.15, 0.2) is 24.3 Å². The molecule has 1 aromatic carbocycles. The fourth-order valence-electron chi connectivity index (χ4n) is 4.69. The number of aliphatic hydroxyl groups is 1. The van der Waals surface area contributed by atoms with E-state index in [1.165, 1.54) is 30.4 Å². The third kappa shape index (κ3) is 3.67. The van der Waals surface area contributed by atoms with Crippen LogP contribution in [0.25, 0.3) is 0 Å². The van der Waals surface area contributed by atoms with E-state index in [9.17, 15) is 5.11 Å². The molecule has 132 valence electrons. The van der Waals surface area contributed by atoms with Crippen LogP contribution in [-0.4, -0.2) is 61.7 Å². The summed E-state index contributed by atoms with van der Waals surface area (Å²) in [5.41, 5.74) is 3.47. The number of aliphatic hydroxyl groups excluding tert-OH is 1. The fourth-order valence-corrected chi connectivity index (χ4v) is 4.69. The lowest BCUT2D eigenvalue weighted by molar-refractivity contribution is -0.0635. The van der Waals surface area contributed by atoms with Crippen LogP contribution in [0.2, 0.25) is 0 Å². The van der Waals surface area contributed by atoms with E-state index in [1.54, 1.807) is 0 Å². The Labute approximate surface area is 144 Å². The lowest BCUT2D eigenvalue weighted by Crippen LogP contribution is -2.37. The van der Waals surface area contributed by atoms with E-state index in [0.29, 0.717) is 12.0 Å². The second kappa shape index (κ2) is 7.12. The third-order valence-corrected chi connectivity index (χ3v) is 5.93. The molecule has 0 radical (unpaired) electrons. The zero-order valence-electron chi connectivity index (χ0n) is 14.5. The average Bonchev–Trinajstić information content (AvgIpc) is 3.16. The Kier molecular flexibility index (Phi) is 4.90. The minimum absolute atomic E-state index is 0.266. The summed E-state index contributed by atoms with van der Waals surface area (Å²) in [6.07, 6.45) is 5.45. The van der Waals surface area contributed by atoms with Gasteiger partial charge in [-0.15, -0.1) is 0 Å². The summed E-state index contributed by atoms with van der Waals surface area (Å²) in [4.78, 5) is 2.43. The lowest BCUT2D eigenvalue weighted by atomic mass is 9.84. The van der Waals surface area contributed by atoms with Gasteiger partial charge in [-0.25, -0.2) is 0 Å². The van der Waals surface area contributed by atoms with Crippen LogP contribution >= 0.6 is 0 Å². The van der Waals surface area contributed by atoms with Crippen LogP contribution in [0.1, 0.15) is 30.4 Å². The Morgan fingerprint density at radius 3 is 2.62 bits per heavy atom. The highest BCUT2D eigenvalue weighted by Crippen LogP contribution is 2.43. The summed E-state index contributed by atoms with van der Waals surface area (Å²) in [6, 6.07) is 8.87. The number of likely N-dealkylation sites (tertiary alicyclic amines) is 1. The molecule has 1 atom stereocenters. The van der Waals surface area contributed by atoms with E-state index >= 15 is 0 Å². The molecule has 0 aromatic heterocycles. The van der Waals surface area contributed by atoms with Gasteiger partial charge in [0, 0.05) is 26.3 Å². The highest BCUT2D eigenvalue weighted by molar-refractivity contribution is 5.35. The van der Waals surface area contributed by atoms with Crippen LogP contribution in [0.5, 0.6) is 0 Å². The van der Waals surface area contributed by atoms with Crippen molar-refractivity contribution in [1.82, 2.24) is 4.90 Å². The van der Waals surface area contributed by atoms with Gasteiger partial charge < -0.3 is 19.5 Å². The quantitative estimate of drug-likeness (QED) is 0.896. The minimum atomic E-state index is -0.383. The Morgan fingerprint density at radius 1 is 1.21 bits per heavy atom. The smallest absolute Gasteiger partial charge is 0.0900 e. The van der Waals surface area contributed by atoms with E-state index in [-0.39, 0.29) is 12.2 Å². The topological polar surface area (TPSA) is 41.9 Å². The highest BCUT2D eigenvalue weighted by atomic mass is 16.5. The largest absolute Gasteiger partial charge is 0.389 e. The maximum atomic E-state index is 10.3. The van der Waals surface area contributed by atoms with Gasteiger partial charge in [-0.1, -0.05) is 24.3 Å². The first kappa shape index (κ1) is 16.5. The second-order valence-electron chi connectivity index (χ2n) is 7.91. The molecule has 24 heavy (non-hydrogen) atoms. The summed E-state index contributed by atoms with van der Waals surface area (Å²) in [6.45, 7) is 4.97. The number of hydrogen-bond acceptors (Lipinski definition) is 4. The normalized spacial score (nSPS) is 25.2. The van der Waals surface area contributed by atoms with Gasteiger partial charge in [0.1, 0.15) is 0 Å². The Hall–Kier alpha value is -0.940. The Balaban J connectivity index is 1.24. The van der Waals surface area contributed by atoms with Crippen LogP contribution in [0.3, 0.4) is 0 Å². The molecule has 4 rings (SSSR count). The number of nitrogens with zero attached hydrogens (tertiary/aromatic N) is 1. The van der Waals surface area contributed by atoms with Gasteiger partial charge in [-0.05, 0) is 55.2 Å². The van der Waals surface area contributed by atoms with Crippen LogP contribution in [0, 0.1) is 5.41 Å². The summed E-state index contributed by atoms with van der Waals surface area (Å²) in [5.74, 6) is 0. The first-order valence-electron chi connectivity index (χ1n) is 9.39. The van der Waals surface area contributed by atoms with E-state index in [4.69, 9.17) is 9.47 Å². The van der Waals surface area contributed by atoms with Gasteiger partial charge in [0.15, 0.2) is 0 Å². The summed E-state index contributed by atoms with van der Waals surface area (Å²) < 4.78 is 11.2. The molecule has 0 amide bonds. The summed E-state index contributed by atoms with van der Waals surface area (Å²) in [7, 11) is 0. The van der Waals surface area contributed by atoms with Crippen LogP contribution < -0.4 is 0 Å². The highest BCUT2D eigenvalue weighted by Gasteiger charge is 2.42. The zero-order valence-corrected chi connectivity index (χ0v) is 14.5. The average molecular weight is 331 g/mol. The van der Waals surface area contributed by atoms with Crippen molar-refractivity contribution in [3.05, 3.63) is 35.4 Å². The molecule has 1 unspecified atom stereocenters. The first-order chi connectivity index (χ1) is 11.7. The van der Waals surface area contributed by atoms with Crippen molar-refractivity contribution >= 4 is 0 Å². The van der Waals surface area contributed by atoms with Gasteiger partial charge in [0.25, 0.3) is 0 Å². The maximum Gasteiger partial charge on any atom is 0.0900 e. The van der Waals surface area contributed by atoms with Gasteiger partial charge in [-0.2, -0.15) is 0 Å². The molecule has 1 aromatic rings. The molecule has 0 saturated carbocycles. The number of ether oxygens (including phenoxy) is 2. The summed E-state index contributed by atoms with van der Waals surface area (Å²) >= 11 is 0. The zero-order chi connectivity index (χ0) is 16.4. The number of rotatable bonds is 5. The van der Waals surface area contributed by atoms with Crippen molar-refractivity contribution < 1.29 is 14.6 Å². The molecule has 3 aliphatic rings. The number of fused-ring (bicyclic) bond motifs is 1. The molecular formula is C20H29NO3. The van der Waals surface area contributed by atoms with Crippen molar-refractivity contribution in [2.24, 2.45) is 5.41 Å². The first-order valence-corrected chi connectivity index (χ1v) is 9.39. The van der Waals surface area contributed by atoms with Gasteiger partial charge in [0.2, 0.25) is 0 Å². The van der Waals surface area contributed by atoms with Gasteiger partial charge >= 0.3 is 0 Å². The Morgan fingerprint density at radius 2 is 1.92 bits per heavy atom. The standard InChI is InChI=1S/C20H29NO3/c22-18(14-24-19-5-9-23-10-6-19)13-21-8-7-20(15-21)11-16-3-1-2-4-17(16)12-20/h1-4,18-19,22H,5-15H2. The molecule has 4 heteroatoms. The van der Waals surface area contributed by atoms with Crippen molar-refractivity contribution in [2.45, 2.75) is 44.3 Å². The monoisotopic (exact) mass is 331 g/mol. The van der Waals surface area contributed by atoms with Crippen LogP contribution in [-0.2, 0) is 22.3 Å². The number of β-amino-alcohol motifs (C(OH)–C–C–N with tert-alkyl or cyclic N) is 1. The Bertz CT molecular complexity index is 531. The second-order valence-corrected chi connectivity index (χ2v) is 7.91. The minimum Gasteiger partial charge on any atom is -0.389 e. The molecule has 4 nitrogen and oxygen atoms in total. The molecule has 2 saturated heterocycles. The molecule has 1 spiro atoms. The van der Waals surface area contributed by atoms with E-state index < -0.39 is 0 Å². The van der Waals surface area contributed by atoms with Crippen molar-refractivity contribution in [2.75, 3.05) is 39.5 Å². The molecule has 0 bridgehead atoms. The van der Waals surface area contributed by atoms with E-state index in [0.717, 1.165) is 45.7 Å². The molecule has 1 aliphatic carbocycles. The van der Waals surface area contributed by atoms with Gasteiger partial charge in [0.05, 0.1) is 18.8 Å². The molecule has 2 heterocycles. The fraction of sp³-hybridized carbons (Fsp3) is 0.700. The molecule has 1 N–H and O–H groups in total. The van der Waals surface area contributed by atoms with Crippen molar-refractivity contribution in [3.8, 4) is 0 Å². The van der Waals surface area contributed by atoms with Crippen LogP contribution in [0.4, 0.5) is 0 Å². The third-order valence-electron chi connectivity index (χ3n) is 5.93. The maximum absolute atomic E-state index is 10.3. The molecular weight excluding hydrogens is 302 g/mol. The SMILES string of the molecule is OC(COC1CCOCC1)CN1CCC2(Cc3ccccc3C2)C1. The summed E-state index contributed by atoms with van der Waals surface area (Å²) in [5, 5.41) is 10.3. The predicted molar refractivity (Wildman–Crippen MR) is 93.1 cm³/mol. The van der Waals surface area contributed by atoms with E-state index in [2.05, 4.69) is 29.2 Å². The molecule has 2 aliphatic heterocycles. The lowest BCUT2D eigenvalue weighted by Gasteiger charge is -2.27. The molecule has 2 fully saturated rings.